The van der Waals surface area contributed by atoms with Crippen LogP contribution in [0.3, 0.4) is 0 Å². The second-order valence-corrected chi connectivity index (χ2v) is 6.54. The molecule has 3 aromatic rings. The zero-order valence-corrected chi connectivity index (χ0v) is 12.7. The van der Waals surface area contributed by atoms with E-state index in [1.807, 2.05) is 30.3 Å². The van der Waals surface area contributed by atoms with Gasteiger partial charge in [0.2, 0.25) is 10.0 Å². The Hall–Kier alpha value is -2.38. The summed E-state index contributed by atoms with van der Waals surface area (Å²) in [5, 5.41) is 3.90. The predicted octanol–water partition coefficient (Wildman–Crippen LogP) is 2.08. The van der Waals surface area contributed by atoms with Gasteiger partial charge in [0.05, 0.1) is 12.5 Å². The largest absolute Gasteiger partial charge is 0.467 e. The summed E-state index contributed by atoms with van der Waals surface area (Å²) in [6.07, 6.45) is 4.28. The van der Waals surface area contributed by atoms with Crippen LogP contribution in [-0.4, -0.2) is 18.2 Å². The summed E-state index contributed by atoms with van der Waals surface area (Å²) in [5.74, 6) is 0.527. The molecule has 0 aliphatic rings. The summed E-state index contributed by atoms with van der Waals surface area (Å²) >= 11 is 0. The first-order valence-corrected chi connectivity index (χ1v) is 8.14. The fraction of sp³-hybridized carbons (Fsp3) is 0.133. The number of rotatable bonds is 5. The summed E-state index contributed by atoms with van der Waals surface area (Å²) in [7, 11) is -2.04. The van der Waals surface area contributed by atoms with E-state index in [1.165, 1.54) is 23.3 Å². The van der Waals surface area contributed by atoms with Crippen LogP contribution in [0.25, 0.3) is 0 Å². The van der Waals surface area contributed by atoms with E-state index < -0.39 is 16.1 Å². The second-order valence-electron chi connectivity index (χ2n) is 4.83. The molecule has 2 aromatic heterocycles. The van der Waals surface area contributed by atoms with Crippen molar-refractivity contribution in [3.05, 3.63) is 72.4 Å². The van der Waals surface area contributed by atoms with E-state index >= 15 is 0 Å². The fourth-order valence-electron chi connectivity index (χ4n) is 2.15. The average molecular weight is 317 g/mol. The maximum Gasteiger partial charge on any atom is 0.244 e. The van der Waals surface area contributed by atoms with E-state index in [4.69, 9.17) is 4.42 Å². The van der Waals surface area contributed by atoms with Gasteiger partial charge in [0, 0.05) is 13.2 Å². The molecule has 0 unspecified atom stereocenters. The van der Waals surface area contributed by atoms with Crippen molar-refractivity contribution in [2.24, 2.45) is 7.05 Å². The van der Waals surface area contributed by atoms with Crippen LogP contribution >= 0.6 is 0 Å². The number of benzene rings is 1. The minimum Gasteiger partial charge on any atom is -0.467 e. The van der Waals surface area contributed by atoms with E-state index in [-0.39, 0.29) is 4.90 Å². The van der Waals surface area contributed by atoms with Gasteiger partial charge in [0.15, 0.2) is 0 Å². The van der Waals surface area contributed by atoms with Gasteiger partial charge in [-0.05, 0) is 17.7 Å². The highest BCUT2D eigenvalue weighted by Gasteiger charge is 2.25. The van der Waals surface area contributed by atoms with Crippen molar-refractivity contribution in [1.82, 2.24) is 14.5 Å². The second kappa shape index (κ2) is 5.78. The highest BCUT2D eigenvalue weighted by Crippen LogP contribution is 2.24. The van der Waals surface area contributed by atoms with Crippen LogP contribution in [0.1, 0.15) is 17.4 Å². The molecule has 0 saturated carbocycles. The van der Waals surface area contributed by atoms with Gasteiger partial charge in [-0.2, -0.15) is 9.82 Å². The van der Waals surface area contributed by atoms with E-state index in [0.717, 1.165) is 5.56 Å². The topological polar surface area (TPSA) is 77.1 Å². The molecule has 3 rings (SSSR count). The van der Waals surface area contributed by atoms with E-state index in [9.17, 15) is 8.42 Å². The first-order valence-electron chi connectivity index (χ1n) is 6.65. The average Bonchev–Trinajstić information content (AvgIpc) is 3.17. The molecule has 0 fully saturated rings. The van der Waals surface area contributed by atoms with Crippen molar-refractivity contribution in [2.75, 3.05) is 0 Å². The number of nitrogens with zero attached hydrogens (tertiary/aromatic N) is 2. The van der Waals surface area contributed by atoms with Crippen LogP contribution in [-0.2, 0) is 17.1 Å². The van der Waals surface area contributed by atoms with Crippen molar-refractivity contribution in [3.8, 4) is 0 Å². The van der Waals surface area contributed by atoms with Crippen LogP contribution < -0.4 is 4.72 Å². The molecule has 0 saturated heterocycles. The Morgan fingerprint density at radius 2 is 1.95 bits per heavy atom. The maximum absolute atomic E-state index is 12.5. The first-order chi connectivity index (χ1) is 10.6. The van der Waals surface area contributed by atoms with Gasteiger partial charge in [0.1, 0.15) is 16.7 Å². The first kappa shape index (κ1) is 14.6. The van der Waals surface area contributed by atoms with Gasteiger partial charge in [0.25, 0.3) is 0 Å². The van der Waals surface area contributed by atoms with Gasteiger partial charge < -0.3 is 4.42 Å². The maximum atomic E-state index is 12.5. The number of nitrogens with one attached hydrogen (secondary N) is 1. The molecule has 7 heteroatoms. The van der Waals surface area contributed by atoms with Gasteiger partial charge in [-0.25, -0.2) is 8.42 Å². The molecule has 0 spiro atoms. The number of furan rings is 1. The molecule has 0 aliphatic carbocycles. The lowest BCUT2D eigenvalue weighted by molar-refractivity contribution is 0.471. The Bertz CT molecular complexity index is 839. The van der Waals surface area contributed by atoms with Crippen LogP contribution in [0.5, 0.6) is 0 Å². The molecule has 0 bridgehead atoms. The molecule has 0 radical (unpaired) electrons. The number of hydrogen-bond acceptors (Lipinski definition) is 4. The number of aromatic nitrogens is 2. The molecular weight excluding hydrogens is 302 g/mol. The smallest absolute Gasteiger partial charge is 0.244 e. The highest BCUT2D eigenvalue weighted by atomic mass is 32.2. The van der Waals surface area contributed by atoms with Crippen LogP contribution in [0, 0.1) is 0 Å². The lowest BCUT2D eigenvalue weighted by atomic mass is 10.1. The monoisotopic (exact) mass is 317 g/mol. The summed E-state index contributed by atoms with van der Waals surface area (Å²) in [6.45, 7) is 0. The Kier molecular flexibility index (Phi) is 3.82. The molecule has 22 heavy (non-hydrogen) atoms. The van der Waals surface area contributed by atoms with Crippen LogP contribution in [0.2, 0.25) is 0 Å². The van der Waals surface area contributed by atoms with Crippen molar-refractivity contribution in [3.63, 3.8) is 0 Å². The van der Waals surface area contributed by atoms with Gasteiger partial charge in [-0.1, -0.05) is 30.3 Å². The zero-order chi connectivity index (χ0) is 15.6. The normalized spacial score (nSPS) is 13.1. The van der Waals surface area contributed by atoms with E-state index in [1.54, 1.807) is 19.2 Å². The summed E-state index contributed by atoms with van der Waals surface area (Å²) in [6, 6.07) is 12.1. The van der Waals surface area contributed by atoms with Crippen LogP contribution in [0.4, 0.5) is 0 Å². The Labute approximate surface area is 128 Å². The highest BCUT2D eigenvalue weighted by molar-refractivity contribution is 7.89. The summed E-state index contributed by atoms with van der Waals surface area (Å²) in [4.78, 5) is 0.113. The SMILES string of the molecule is Cn1cc(S(=O)(=O)N[C@H](c2ccccc2)c2ccco2)cn1. The molecule has 114 valence electrons. The van der Waals surface area contributed by atoms with Gasteiger partial charge >= 0.3 is 0 Å². The quantitative estimate of drug-likeness (QED) is 0.781. The molecule has 0 aliphatic heterocycles. The Morgan fingerprint density at radius 1 is 1.18 bits per heavy atom. The third-order valence-electron chi connectivity index (χ3n) is 3.23. The van der Waals surface area contributed by atoms with Crippen molar-refractivity contribution < 1.29 is 12.8 Å². The molecule has 1 atom stereocenters. The van der Waals surface area contributed by atoms with Gasteiger partial charge in [-0.15, -0.1) is 0 Å². The standard InChI is InChI=1S/C15H15N3O3S/c1-18-11-13(10-16-18)22(19,20)17-15(14-8-5-9-21-14)12-6-3-2-4-7-12/h2-11,15,17H,1H3/t15-/m1/s1. The van der Waals surface area contributed by atoms with Gasteiger partial charge in [-0.3, -0.25) is 4.68 Å². The van der Waals surface area contributed by atoms with Crippen molar-refractivity contribution in [1.29, 1.82) is 0 Å². The minimum absolute atomic E-state index is 0.113. The predicted molar refractivity (Wildman–Crippen MR) is 80.5 cm³/mol. The molecule has 1 aromatic carbocycles. The summed E-state index contributed by atoms with van der Waals surface area (Å²) in [5.41, 5.74) is 0.796. The van der Waals surface area contributed by atoms with Crippen LogP contribution in [0.15, 0.2) is 70.4 Å². The zero-order valence-electron chi connectivity index (χ0n) is 11.9. The molecule has 6 nitrogen and oxygen atoms in total. The molecule has 0 amide bonds. The van der Waals surface area contributed by atoms with Crippen molar-refractivity contribution in [2.45, 2.75) is 10.9 Å². The van der Waals surface area contributed by atoms with E-state index in [2.05, 4.69) is 9.82 Å². The fourth-order valence-corrected chi connectivity index (χ4v) is 3.33. The number of aryl methyl sites for hydroxylation is 1. The van der Waals surface area contributed by atoms with Crippen molar-refractivity contribution >= 4 is 10.0 Å². The summed E-state index contributed by atoms with van der Waals surface area (Å²) < 4.78 is 34.5. The lowest BCUT2D eigenvalue weighted by Crippen LogP contribution is -2.29. The van der Waals surface area contributed by atoms with E-state index in [0.29, 0.717) is 5.76 Å². The number of sulfonamides is 1. The molecule has 1 N–H and O–H groups in total. The Balaban J connectivity index is 1.98. The third kappa shape index (κ3) is 2.95. The lowest BCUT2D eigenvalue weighted by Gasteiger charge is -2.16. The molecular formula is C15H15N3O3S. The minimum atomic E-state index is -3.71. The Morgan fingerprint density at radius 3 is 2.55 bits per heavy atom. The third-order valence-corrected chi connectivity index (χ3v) is 4.60. The number of hydrogen-bond donors (Lipinski definition) is 1. The molecule has 2 heterocycles.